The highest BCUT2D eigenvalue weighted by molar-refractivity contribution is 5.49. The molecule has 7 atom stereocenters. The molecular weight excluding hydrogens is 358 g/mol. The summed E-state index contributed by atoms with van der Waals surface area (Å²) in [6, 6.07) is 2.15. The average Bonchev–Trinajstić information content (AvgIpc) is 3.02. The maximum Gasteiger partial charge on any atom is 0.0698 e. The molecule has 29 heavy (non-hydrogen) atoms. The Morgan fingerprint density at radius 3 is 2.55 bits per heavy atom. The predicted octanol–water partition coefficient (Wildman–Crippen LogP) is 5.54. The third kappa shape index (κ3) is 2.89. The smallest absolute Gasteiger partial charge is 0.0698 e. The van der Waals surface area contributed by atoms with Gasteiger partial charge in [0.05, 0.1) is 24.7 Å². The molecule has 0 radical (unpaired) electrons. The first-order valence-corrected chi connectivity index (χ1v) is 11.7. The lowest BCUT2D eigenvalue weighted by molar-refractivity contribution is -0.0906. The van der Waals surface area contributed by atoms with Crippen molar-refractivity contribution < 1.29 is 10.2 Å². The Kier molecular flexibility index (Phi) is 5.07. The summed E-state index contributed by atoms with van der Waals surface area (Å²) < 4.78 is 0. The van der Waals surface area contributed by atoms with Gasteiger partial charge in [-0.05, 0) is 90.1 Å². The molecule has 0 saturated heterocycles. The first kappa shape index (κ1) is 21.1. The number of allylic oxidation sites excluding steroid dienone is 4. The summed E-state index contributed by atoms with van der Waals surface area (Å²) in [6.45, 7) is 11.6. The van der Waals surface area contributed by atoms with E-state index in [9.17, 15) is 10.2 Å². The van der Waals surface area contributed by atoms with E-state index < -0.39 is 6.10 Å². The number of nitrogens with zero attached hydrogens (tertiary/aromatic N) is 1. The normalized spacial score (nSPS) is 42.8. The first-order valence-electron chi connectivity index (χ1n) is 11.7. The summed E-state index contributed by atoms with van der Waals surface area (Å²) in [5.41, 5.74) is 5.18. The summed E-state index contributed by atoms with van der Waals surface area (Å²) >= 11 is 0. The Hall–Kier alpha value is -1.11. The quantitative estimate of drug-likeness (QED) is 0.657. The van der Waals surface area contributed by atoms with E-state index in [0.29, 0.717) is 11.8 Å². The highest BCUT2D eigenvalue weighted by Gasteiger charge is 2.57. The first-order chi connectivity index (χ1) is 13.6. The highest BCUT2D eigenvalue weighted by Crippen LogP contribution is 2.66. The van der Waals surface area contributed by atoms with Crippen LogP contribution in [0.2, 0.25) is 0 Å². The molecule has 2 N–H and O–H groups in total. The minimum absolute atomic E-state index is 0.0191. The molecule has 0 unspecified atom stereocenters. The number of aliphatic hydroxyl groups is 2. The fourth-order valence-electron chi connectivity index (χ4n) is 8.06. The molecular formula is C26H39NO2. The molecule has 3 nitrogen and oxygen atoms in total. The van der Waals surface area contributed by atoms with Crippen molar-refractivity contribution in [3.63, 3.8) is 0 Å². The van der Waals surface area contributed by atoms with Crippen molar-refractivity contribution in [3.8, 4) is 6.07 Å². The van der Waals surface area contributed by atoms with Gasteiger partial charge in [0.15, 0.2) is 0 Å². The molecule has 0 aliphatic heterocycles. The van der Waals surface area contributed by atoms with Crippen LogP contribution in [0.5, 0.6) is 0 Å². The maximum absolute atomic E-state index is 10.7. The number of fused-ring (bicyclic) bond motifs is 4. The van der Waals surface area contributed by atoms with Gasteiger partial charge >= 0.3 is 0 Å². The predicted molar refractivity (Wildman–Crippen MR) is 116 cm³/mol. The number of nitriles is 1. The average molecular weight is 398 g/mol. The lowest BCUT2D eigenvalue weighted by Crippen LogP contribution is -2.53. The molecule has 0 amide bonds. The third-order valence-corrected chi connectivity index (χ3v) is 9.97. The monoisotopic (exact) mass is 397 g/mol. The van der Waals surface area contributed by atoms with Crippen LogP contribution < -0.4 is 0 Å². The molecule has 0 aromatic carbocycles. The van der Waals surface area contributed by atoms with Gasteiger partial charge in [0.2, 0.25) is 0 Å². The van der Waals surface area contributed by atoms with E-state index in [1.54, 1.807) is 16.7 Å². The van der Waals surface area contributed by atoms with E-state index in [1.165, 1.54) is 6.42 Å². The van der Waals surface area contributed by atoms with Crippen molar-refractivity contribution in [2.75, 3.05) is 0 Å². The van der Waals surface area contributed by atoms with Crippen LogP contribution in [0, 0.1) is 45.3 Å². The van der Waals surface area contributed by atoms with Gasteiger partial charge in [-0.3, -0.25) is 0 Å². The fraction of sp³-hybridized carbons (Fsp3) is 0.808. The zero-order valence-electron chi connectivity index (χ0n) is 19.0. The number of rotatable bonds is 3. The maximum atomic E-state index is 10.7. The SMILES string of the molecule is C[C@@H]([C@H]1CC=C2C3=C(CC[C@@]21C)[C@@]1(C)CC[C@H](O)C(C)(C)[C@@H]1CC3)[C@@H](O)CC#N. The number of aliphatic hydroxyl groups excluding tert-OH is 2. The minimum Gasteiger partial charge on any atom is -0.393 e. The summed E-state index contributed by atoms with van der Waals surface area (Å²) in [7, 11) is 0. The molecule has 0 heterocycles. The van der Waals surface area contributed by atoms with E-state index in [-0.39, 0.29) is 34.7 Å². The molecule has 1 fully saturated rings. The topological polar surface area (TPSA) is 64.2 Å². The standard InChI is InChI=1S/C26H39NO2/c1-16(21(28)12-15-27)18-7-8-19-17-6-9-22-24(2,3)23(29)11-14-26(22,5)20(17)10-13-25(18,19)4/h8,16,18,21-23,28-29H,6-7,9-14H2,1-5H3/t16-,18+,21-,22-,23-,25+,26+/m0/s1. The lowest BCUT2D eigenvalue weighted by atomic mass is 9.46. The Balaban J connectivity index is 1.68. The van der Waals surface area contributed by atoms with E-state index in [2.05, 4.69) is 46.8 Å². The van der Waals surface area contributed by atoms with Crippen LogP contribution in [0.15, 0.2) is 22.8 Å². The Morgan fingerprint density at radius 2 is 1.86 bits per heavy atom. The van der Waals surface area contributed by atoms with Gasteiger partial charge in [-0.2, -0.15) is 5.26 Å². The van der Waals surface area contributed by atoms with Gasteiger partial charge in [0, 0.05) is 0 Å². The van der Waals surface area contributed by atoms with Crippen molar-refractivity contribution in [2.45, 2.75) is 98.2 Å². The van der Waals surface area contributed by atoms with Crippen LogP contribution in [0.3, 0.4) is 0 Å². The van der Waals surface area contributed by atoms with E-state index >= 15 is 0 Å². The molecule has 0 bridgehead atoms. The van der Waals surface area contributed by atoms with Gasteiger partial charge in [-0.25, -0.2) is 0 Å². The third-order valence-electron chi connectivity index (χ3n) is 9.97. The van der Waals surface area contributed by atoms with Gasteiger partial charge in [-0.15, -0.1) is 0 Å². The molecule has 3 heteroatoms. The van der Waals surface area contributed by atoms with Crippen molar-refractivity contribution in [3.05, 3.63) is 22.8 Å². The Bertz CT molecular complexity index is 787. The Labute approximate surface area is 176 Å². The van der Waals surface area contributed by atoms with Crippen LogP contribution in [0.25, 0.3) is 0 Å². The van der Waals surface area contributed by atoms with E-state index in [0.717, 1.165) is 38.5 Å². The highest BCUT2D eigenvalue weighted by atomic mass is 16.3. The summed E-state index contributed by atoms with van der Waals surface area (Å²) in [4.78, 5) is 0. The van der Waals surface area contributed by atoms with Crippen LogP contribution in [-0.4, -0.2) is 22.4 Å². The van der Waals surface area contributed by atoms with Crippen LogP contribution in [-0.2, 0) is 0 Å². The summed E-state index contributed by atoms with van der Waals surface area (Å²) in [6.07, 6.45) is 9.63. The molecule has 0 aromatic rings. The molecule has 4 rings (SSSR count). The van der Waals surface area contributed by atoms with E-state index in [4.69, 9.17) is 5.26 Å². The van der Waals surface area contributed by atoms with Gasteiger partial charge in [0.1, 0.15) is 0 Å². The largest absolute Gasteiger partial charge is 0.393 e. The Morgan fingerprint density at radius 1 is 1.14 bits per heavy atom. The molecule has 160 valence electrons. The fourth-order valence-corrected chi connectivity index (χ4v) is 8.06. The van der Waals surface area contributed by atoms with Crippen molar-refractivity contribution in [2.24, 2.45) is 34.0 Å². The van der Waals surface area contributed by atoms with Crippen molar-refractivity contribution in [1.29, 1.82) is 5.26 Å². The zero-order valence-corrected chi connectivity index (χ0v) is 19.0. The van der Waals surface area contributed by atoms with Crippen LogP contribution in [0.4, 0.5) is 0 Å². The van der Waals surface area contributed by atoms with Crippen molar-refractivity contribution in [1.82, 2.24) is 0 Å². The van der Waals surface area contributed by atoms with Gasteiger partial charge < -0.3 is 10.2 Å². The van der Waals surface area contributed by atoms with Crippen LogP contribution in [0.1, 0.15) is 86.0 Å². The molecule has 1 saturated carbocycles. The zero-order chi connectivity index (χ0) is 21.2. The number of hydrogen-bond donors (Lipinski definition) is 2. The van der Waals surface area contributed by atoms with Crippen LogP contribution >= 0.6 is 0 Å². The minimum atomic E-state index is -0.529. The molecule has 4 aliphatic rings. The second-order valence-corrected chi connectivity index (χ2v) is 11.5. The summed E-state index contributed by atoms with van der Waals surface area (Å²) in [5, 5.41) is 30.2. The molecule has 0 spiro atoms. The van der Waals surface area contributed by atoms with E-state index in [1.807, 2.05) is 0 Å². The van der Waals surface area contributed by atoms with Gasteiger partial charge in [-0.1, -0.05) is 46.3 Å². The summed E-state index contributed by atoms with van der Waals surface area (Å²) in [5.74, 6) is 1.12. The van der Waals surface area contributed by atoms with Gasteiger partial charge in [0.25, 0.3) is 0 Å². The molecule has 0 aromatic heterocycles. The second-order valence-electron chi connectivity index (χ2n) is 11.5. The molecule has 4 aliphatic carbocycles. The van der Waals surface area contributed by atoms with Crippen molar-refractivity contribution >= 4 is 0 Å². The number of hydrogen-bond acceptors (Lipinski definition) is 3. The lowest BCUT2D eigenvalue weighted by Gasteiger charge is -2.59. The second kappa shape index (κ2) is 6.96.